The second-order valence-electron chi connectivity index (χ2n) is 8.59. The lowest BCUT2D eigenvalue weighted by Gasteiger charge is -2.25. The number of ether oxygens (including phenoxy) is 2. The zero-order chi connectivity index (χ0) is 19.1. The van der Waals surface area contributed by atoms with E-state index in [1.807, 2.05) is 6.07 Å². The highest BCUT2D eigenvalue weighted by Crippen LogP contribution is 2.23. The van der Waals surface area contributed by atoms with Crippen molar-refractivity contribution in [2.75, 3.05) is 26.5 Å². The molecule has 2 aromatic carbocycles. The summed E-state index contributed by atoms with van der Waals surface area (Å²) in [5.41, 5.74) is 1.21. The van der Waals surface area contributed by atoms with E-state index < -0.39 is 8.07 Å². The van der Waals surface area contributed by atoms with Crippen LogP contribution in [0.25, 0.3) is 10.8 Å². The summed E-state index contributed by atoms with van der Waals surface area (Å²) in [6, 6.07) is 13.8. The molecule has 27 heavy (non-hydrogen) atoms. The van der Waals surface area contributed by atoms with E-state index in [0.717, 1.165) is 31.5 Å². The van der Waals surface area contributed by atoms with Gasteiger partial charge in [-0.3, -0.25) is 4.84 Å². The van der Waals surface area contributed by atoms with Gasteiger partial charge in [0.15, 0.2) is 6.79 Å². The van der Waals surface area contributed by atoms with Gasteiger partial charge in [-0.15, -0.1) is 0 Å². The van der Waals surface area contributed by atoms with Gasteiger partial charge in [0.2, 0.25) is 0 Å². The third-order valence-corrected chi connectivity index (χ3v) is 6.61. The molecule has 0 spiro atoms. The van der Waals surface area contributed by atoms with Gasteiger partial charge in [-0.1, -0.05) is 44.3 Å². The number of hydroxylamine groups is 2. The average Bonchev–Trinajstić information content (AvgIpc) is 2.66. The summed E-state index contributed by atoms with van der Waals surface area (Å²) in [5.74, 6) is 0.854. The van der Waals surface area contributed by atoms with Gasteiger partial charge in [-0.05, 0) is 53.4 Å². The van der Waals surface area contributed by atoms with Crippen molar-refractivity contribution in [2.24, 2.45) is 0 Å². The van der Waals surface area contributed by atoms with E-state index in [4.69, 9.17) is 14.3 Å². The Labute approximate surface area is 164 Å². The van der Waals surface area contributed by atoms with Gasteiger partial charge in [-0.25, -0.2) is 0 Å². The topological polar surface area (TPSA) is 30.9 Å². The average molecular weight is 388 g/mol. The van der Waals surface area contributed by atoms with Crippen molar-refractivity contribution < 1.29 is 14.3 Å². The molecule has 148 valence electrons. The van der Waals surface area contributed by atoms with Crippen LogP contribution in [0, 0.1) is 0 Å². The molecule has 0 aromatic heterocycles. The second-order valence-corrected chi connectivity index (χ2v) is 14.2. The Balaban J connectivity index is 1.49. The quantitative estimate of drug-likeness (QED) is 0.325. The zero-order valence-electron chi connectivity index (χ0n) is 17.0. The van der Waals surface area contributed by atoms with Crippen LogP contribution in [0.3, 0.4) is 0 Å². The number of benzene rings is 2. The molecule has 1 fully saturated rings. The molecule has 0 aliphatic carbocycles. The minimum atomic E-state index is -1.04. The summed E-state index contributed by atoms with van der Waals surface area (Å²) >= 11 is 0. The first-order valence-electron chi connectivity index (χ1n) is 10.1. The van der Waals surface area contributed by atoms with E-state index in [1.165, 1.54) is 35.6 Å². The Morgan fingerprint density at radius 2 is 1.67 bits per heavy atom. The first-order valence-corrected chi connectivity index (χ1v) is 13.8. The molecule has 4 nitrogen and oxygen atoms in total. The van der Waals surface area contributed by atoms with Gasteiger partial charge in [-0.2, -0.15) is 5.06 Å². The molecule has 0 amide bonds. The molecule has 1 aliphatic heterocycles. The lowest BCUT2D eigenvalue weighted by Crippen LogP contribution is -2.29. The van der Waals surface area contributed by atoms with Crippen LogP contribution in [0.1, 0.15) is 24.8 Å². The fourth-order valence-electron chi connectivity index (χ4n) is 3.16. The van der Waals surface area contributed by atoms with Crippen LogP contribution in [0.4, 0.5) is 0 Å². The Kier molecular flexibility index (Phi) is 7.30. The Morgan fingerprint density at radius 3 is 2.44 bits per heavy atom. The fraction of sp³-hybridized carbons (Fsp3) is 0.545. The molecule has 1 saturated heterocycles. The molecule has 0 radical (unpaired) electrons. The van der Waals surface area contributed by atoms with Gasteiger partial charge in [0.25, 0.3) is 0 Å². The van der Waals surface area contributed by atoms with Crippen LogP contribution in [-0.2, 0) is 16.2 Å². The zero-order valence-corrected chi connectivity index (χ0v) is 18.0. The summed E-state index contributed by atoms with van der Waals surface area (Å²) in [5, 5.41) is 4.49. The van der Waals surface area contributed by atoms with E-state index in [9.17, 15) is 0 Å². The number of piperidine rings is 1. The summed E-state index contributed by atoms with van der Waals surface area (Å²) in [6.07, 6.45) is 3.80. The van der Waals surface area contributed by atoms with Crippen LogP contribution in [0.15, 0.2) is 36.4 Å². The molecule has 0 bridgehead atoms. The number of hydrogen-bond donors (Lipinski definition) is 0. The van der Waals surface area contributed by atoms with Crippen molar-refractivity contribution in [1.82, 2.24) is 5.06 Å². The van der Waals surface area contributed by atoms with Crippen molar-refractivity contribution in [3.8, 4) is 5.75 Å². The standard InChI is InChI=1S/C22H33NO3Si/c1-27(2,3)14-13-24-18-25-22-10-9-20-15-19(7-8-21(20)16-22)17-26-23-11-5-4-6-12-23/h7-10,15-16H,4-6,11-14,17-18H2,1-3H3. The second kappa shape index (κ2) is 9.69. The normalized spacial score (nSPS) is 16.0. The van der Waals surface area contributed by atoms with Gasteiger partial charge in [0.1, 0.15) is 5.75 Å². The van der Waals surface area contributed by atoms with Crippen molar-refractivity contribution >= 4 is 18.8 Å². The molecule has 0 saturated carbocycles. The van der Waals surface area contributed by atoms with E-state index in [2.05, 4.69) is 55.0 Å². The van der Waals surface area contributed by atoms with E-state index >= 15 is 0 Å². The predicted molar refractivity (Wildman–Crippen MR) is 114 cm³/mol. The van der Waals surface area contributed by atoms with Gasteiger partial charge in [0.05, 0.1) is 6.61 Å². The lowest BCUT2D eigenvalue weighted by atomic mass is 10.1. The Morgan fingerprint density at radius 1 is 0.926 bits per heavy atom. The molecule has 0 atom stereocenters. The highest BCUT2D eigenvalue weighted by Gasteiger charge is 2.12. The smallest absolute Gasteiger partial charge is 0.189 e. The molecule has 5 heteroatoms. The molecule has 3 rings (SSSR count). The minimum Gasteiger partial charge on any atom is -0.468 e. The van der Waals surface area contributed by atoms with Gasteiger partial charge < -0.3 is 9.47 Å². The van der Waals surface area contributed by atoms with Crippen molar-refractivity contribution in [3.05, 3.63) is 42.0 Å². The van der Waals surface area contributed by atoms with Gasteiger partial charge >= 0.3 is 0 Å². The SMILES string of the molecule is C[Si](C)(C)CCOCOc1ccc2cc(CON3CCCCC3)ccc2c1. The number of hydrogen-bond acceptors (Lipinski definition) is 4. The van der Waals surface area contributed by atoms with Crippen LogP contribution in [0.2, 0.25) is 25.7 Å². The largest absolute Gasteiger partial charge is 0.468 e. The maximum atomic E-state index is 5.94. The molecular formula is C22H33NO3Si. The molecule has 1 aliphatic rings. The monoisotopic (exact) mass is 387 g/mol. The lowest BCUT2D eigenvalue weighted by molar-refractivity contribution is -0.178. The predicted octanol–water partition coefficient (Wildman–Crippen LogP) is 5.45. The first-order chi connectivity index (χ1) is 13.0. The summed E-state index contributed by atoms with van der Waals surface area (Å²) in [7, 11) is -1.04. The number of rotatable bonds is 9. The van der Waals surface area contributed by atoms with Crippen LogP contribution >= 0.6 is 0 Å². The molecule has 0 unspecified atom stereocenters. The van der Waals surface area contributed by atoms with Crippen LogP contribution in [0.5, 0.6) is 5.75 Å². The van der Waals surface area contributed by atoms with Crippen molar-refractivity contribution in [3.63, 3.8) is 0 Å². The third kappa shape index (κ3) is 6.92. The highest BCUT2D eigenvalue weighted by atomic mass is 28.3. The van der Waals surface area contributed by atoms with Crippen molar-refractivity contribution in [1.29, 1.82) is 0 Å². The minimum absolute atomic E-state index is 0.317. The van der Waals surface area contributed by atoms with E-state index in [1.54, 1.807) is 0 Å². The Hall–Kier alpha value is -1.40. The maximum Gasteiger partial charge on any atom is 0.189 e. The van der Waals surface area contributed by atoms with E-state index in [-0.39, 0.29) is 0 Å². The highest BCUT2D eigenvalue weighted by molar-refractivity contribution is 6.76. The van der Waals surface area contributed by atoms with Crippen molar-refractivity contribution in [2.45, 2.75) is 51.6 Å². The number of fused-ring (bicyclic) bond motifs is 1. The van der Waals surface area contributed by atoms with Gasteiger partial charge in [0, 0.05) is 27.8 Å². The molecular weight excluding hydrogens is 354 g/mol. The molecule has 2 aromatic rings. The molecule has 1 heterocycles. The summed E-state index contributed by atoms with van der Waals surface area (Å²) < 4.78 is 11.4. The third-order valence-electron chi connectivity index (χ3n) is 4.91. The summed E-state index contributed by atoms with van der Waals surface area (Å²) in [6.45, 7) is 10.9. The maximum absolute atomic E-state index is 5.94. The molecule has 0 N–H and O–H groups in total. The van der Waals surface area contributed by atoms with E-state index in [0.29, 0.717) is 13.4 Å². The Bertz CT molecular complexity index is 723. The fourth-order valence-corrected chi connectivity index (χ4v) is 3.92. The number of nitrogens with zero attached hydrogens (tertiary/aromatic N) is 1. The van der Waals surface area contributed by atoms with Crippen LogP contribution in [-0.4, -0.2) is 39.6 Å². The first kappa shape index (κ1) is 20.3. The van der Waals surface area contributed by atoms with Crippen LogP contribution < -0.4 is 4.74 Å². The summed E-state index contributed by atoms with van der Waals surface area (Å²) in [4.78, 5) is 5.94.